The van der Waals surface area contributed by atoms with Gasteiger partial charge in [0, 0.05) is 38.1 Å². The third-order valence-electron chi connectivity index (χ3n) is 6.72. The molecule has 2 aliphatic rings. The molecule has 1 heterocycles. The molecule has 1 amide bonds. The average molecular weight is 374 g/mol. The van der Waals surface area contributed by atoms with Gasteiger partial charge in [0.2, 0.25) is 5.91 Å². The highest BCUT2D eigenvalue weighted by atomic mass is 16.5. The molecule has 1 saturated carbocycles. The molecule has 1 aromatic carbocycles. The van der Waals surface area contributed by atoms with Gasteiger partial charge >= 0.3 is 0 Å². The van der Waals surface area contributed by atoms with Gasteiger partial charge < -0.3 is 20.7 Å². The van der Waals surface area contributed by atoms with E-state index in [1.54, 1.807) is 0 Å². The minimum atomic E-state index is -0.821. The van der Waals surface area contributed by atoms with Crippen molar-refractivity contribution < 1.29 is 9.53 Å². The Balaban J connectivity index is 1.41. The Morgan fingerprint density at radius 1 is 1.33 bits per heavy atom. The number of nitrogens with one attached hydrogen (secondary N) is 1. The lowest BCUT2D eigenvalue weighted by Crippen LogP contribution is -2.75. The Labute approximate surface area is 163 Å². The summed E-state index contributed by atoms with van der Waals surface area (Å²) in [6.07, 6.45) is 2.89. The Bertz CT molecular complexity index is 634. The summed E-state index contributed by atoms with van der Waals surface area (Å²) in [5.74, 6) is 0.491. The summed E-state index contributed by atoms with van der Waals surface area (Å²) in [4.78, 5) is 15.3. The number of hydrogen-bond donors (Lipinski definition) is 2. The maximum Gasteiger partial charge on any atom is 0.240 e. The monoisotopic (exact) mass is 373 g/mol. The van der Waals surface area contributed by atoms with Gasteiger partial charge in [0.25, 0.3) is 0 Å². The Morgan fingerprint density at radius 3 is 2.74 bits per heavy atom. The van der Waals surface area contributed by atoms with Gasteiger partial charge in [-0.25, -0.2) is 0 Å². The van der Waals surface area contributed by atoms with Crippen molar-refractivity contribution in [3.8, 4) is 0 Å². The number of carbonyl (C=O) groups is 1. The minimum Gasteiger partial charge on any atom is -0.378 e. The number of rotatable bonds is 8. The largest absolute Gasteiger partial charge is 0.378 e. The van der Waals surface area contributed by atoms with E-state index in [2.05, 4.69) is 40.5 Å². The number of nitrogens with two attached hydrogens (primary N) is 1. The van der Waals surface area contributed by atoms with Crippen molar-refractivity contribution in [3.05, 3.63) is 35.9 Å². The van der Waals surface area contributed by atoms with Crippen LogP contribution in [-0.2, 0) is 16.0 Å². The molecule has 150 valence electrons. The van der Waals surface area contributed by atoms with Gasteiger partial charge in [-0.15, -0.1) is 0 Å². The van der Waals surface area contributed by atoms with E-state index in [1.165, 1.54) is 5.56 Å². The molecule has 0 radical (unpaired) electrons. The van der Waals surface area contributed by atoms with Crippen LogP contribution in [0.3, 0.4) is 0 Å². The van der Waals surface area contributed by atoms with E-state index in [-0.39, 0.29) is 17.4 Å². The van der Waals surface area contributed by atoms with Gasteiger partial charge in [0.1, 0.15) is 5.54 Å². The fourth-order valence-corrected chi connectivity index (χ4v) is 4.43. The molecule has 1 saturated heterocycles. The number of ether oxygens (including phenoxy) is 1. The molecule has 1 aliphatic heterocycles. The molecule has 5 nitrogen and oxygen atoms in total. The van der Waals surface area contributed by atoms with Gasteiger partial charge in [0.05, 0.1) is 6.10 Å². The molecule has 0 aromatic heterocycles. The molecule has 5 heteroatoms. The van der Waals surface area contributed by atoms with Crippen LogP contribution in [0.2, 0.25) is 0 Å². The SMILES string of the molecule is CCOC1CC(N)(C(=O)NCC2CCN(CCc3ccccc3)C2)C1(C)C. The molecule has 27 heavy (non-hydrogen) atoms. The van der Waals surface area contributed by atoms with E-state index >= 15 is 0 Å². The van der Waals surface area contributed by atoms with Gasteiger partial charge in [-0.05, 0) is 37.8 Å². The van der Waals surface area contributed by atoms with E-state index in [0.717, 1.165) is 39.0 Å². The predicted octanol–water partition coefficient (Wildman–Crippen LogP) is 2.20. The number of likely N-dealkylation sites (tertiary alicyclic amines) is 1. The molecule has 3 atom stereocenters. The molecule has 3 rings (SSSR count). The lowest BCUT2D eigenvalue weighted by Gasteiger charge is -2.57. The standard InChI is InChI=1S/C22H35N3O2/c1-4-27-19-14-22(23,21(19,2)3)20(26)24-15-18-11-13-25(16-18)12-10-17-8-6-5-7-9-17/h5-9,18-19H,4,10-16,23H2,1-3H3,(H,24,26). The highest BCUT2D eigenvalue weighted by Gasteiger charge is 2.62. The van der Waals surface area contributed by atoms with Crippen LogP contribution in [0.1, 0.15) is 39.2 Å². The fourth-order valence-electron chi connectivity index (χ4n) is 4.43. The van der Waals surface area contributed by atoms with Gasteiger partial charge in [-0.2, -0.15) is 0 Å². The molecular formula is C22H35N3O2. The summed E-state index contributed by atoms with van der Waals surface area (Å²) in [5, 5.41) is 3.13. The van der Waals surface area contributed by atoms with Crippen LogP contribution in [0.4, 0.5) is 0 Å². The topological polar surface area (TPSA) is 67.6 Å². The van der Waals surface area contributed by atoms with Gasteiger partial charge in [-0.3, -0.25) is 4.79 Å². The van der Waals surface area contributed by atoms with Crippen LogP contribution in [0.25, 0.3) is 0 Å². The second-order valence-corrected chi connectivity index (χ2v) is 8.74. The summed E-state index contributed by atoms with van der Waals surface area (Å²) in [5.41, 5.74) is 6.70. The lowest BCUT2D eigenvalue weighted by molar-refractivity contribution is -0.170. The van der Waals surface area contributed by atoms with Gasteiger partial charge in [0.15, 0.2) is 0 Å². The summed E-state index contributed by atoms with van der Waals surface area (Å²) in [7, 11) is 0. The summed E-state index contributed by atoms with van der Waals surface area (Å²) in [6.45, 7) is 10.7. The summed E-state index contributed by atoms with van der Waals surface area (Å²) < 4.78 is 5.73. The second-order valence-electron chi connectivity index (χ2n) is 8.74. The maximum absolute atomic E-state index is 12.8. The van der Waals surface area contributed by atoms with Crippen molar-refractivity contribution in [1.82, 2.24) is 10.2 Å². The molecule has 0 bridgehead atoms. The fraction of sp³-hybridized carbons (Fsp3) is 0.682. The van der Waals surface area contributed by atoms with Crippen LogP contribution in [0, 0.1) is 11.3 Å². The predicted molar refractivity (Wildman–Crippen MR) is 108 cm³/mol. The minimum absolute atomic E-state index is 0.0220. The Morgan fingerprint density at radius 2 is 2.07 bits per heavy atom. The summed E-state index contributed by atoms with van der Waals surface area (Å²) in [6, 6.07) is 10.6. The van der Waals surface area contributed by atoms with Gasteiger partial charge in [-0.1, -0.05) is 44.2 Å². The normalized spacial score (nSPS) is 30.1. The third-order valence-corrected chi connectivity index (χ3v) is 6.72. The first-order valence-electron chi connectivity index (χ1n) is 10.3. The van der Waals surface area contributed by atoms with E-state index < -0.39 is 5.54 Å². The van der Waals surface area contributed by atoms with Crippen LogP contribution in [-0.4, -0.2) is 55.2 Å². The Hall–Kier alpha value is -1.43. The van der Waals surface area contributed by atoms with Crippen LogP contribution >= 0.6 is 0 Å². The van der Waals surface area contributed by atoms with E-state index in [4.69, 9.17) is 10.5 Å². The molecular weight excluding hydrogens is 338 g/mol. The van der Waals surface area contributed by atoms with Crippen molar-refractivity contribution in [3.63, 3.8) is 0 Å². The zero-order chi connectivity index (χ0) is 19.5. The highest BCUT2D eigenvalue weighted by Crippen LogP contribution is 2.49. The maximum atomic E-state index is 12.8. The molecule has 3 unspecified atom stereocenters. The Kier molecular flexibility index (Phi) is 6.24. The number of nitrogens with zero attached hydrogens (tertiary/aromatic N) is 1. The number of hydrogen-bond acceptors (Lipinski definition) is 4. The summed E-state index contributed by atoms with van der Waals surface area (Å²) >= 11 is 0. The molecule has 0 spiro atoms. The molecule has 1 aromatic rings. The van der Waals surface area contributed by atoms with E-state index in [9.17, 15) is 4.79 Å². The highest BCUT2D eigenvalue weighted by molar-refractivity contribution is 5.88. The molecule has 1 aliphatic carbocycles. The van der Waals surface area contributed by atoms with E-state index in [1.807, 2.05) is 20.8 Å². The van der Waals surface area contributed by atoms with E-state index in [0.29, 0.717) is 18.9 Å². The first kappa shape index (κ1) is 20.3. The van der Waals surface area contributed by atoms with Crippen molar-refractivity contribution in [1.29, 1.82) is 0 Å². The van der Waals surface area contributed by atoms with Crippen LogP contribution in [0.15, 0.2) is 30.3 Å². The van der Waals surface area contributed by atoms with Crippen molar-refractivity contribution in [2.24, 2.45) is 17.1 Å². The van der Waals surface area contributed by atoms with Crippen LogP contribution in [0.5, 0.6) is 0 Å². The average Bonchev–Trinajstić information content (AvgIpc) is 3.13. The lowest BCUT2D eigenvalue weighted by atomic mass is 9.54. The second kappa shape index (κ2) is 8.29. The first-order valence-corrected chi connectivity index (χ1v) is 10.3. The number of amides is 1. The zero-order valence-electron chi connectivity index (χ0n) is 17.0. The van der Waals surface area contributed by atoms with Crippen molar-refractivity contribution in [2.75, 3.05) is 32.8 Å². The molecule has 2 fully saturated rings. The third kappa shape index (κ3) is 4.20. The first-order chi connectivity index (χ1) is 12.9. The number of benzene rings is 1. The van der Waals surface area contributed by atoms with Crippen molar-refractivity contribution in [2.45, 2.75) is 51.7 Å². The smallest absolute Gasteiger partial charge is 0.240 e. The number of carbonyl (C=O) groups excluding carboxylic acids is 1. The van der Waals surface area contributed by atoms with Crippen LogP contribution < -0.4 is 11.1 Å². The molecule has 3 N–H and O–H groups in total. The zero-order valence-corrected chi connectivity index (χ0v) is 17.0. The quantitative estimate of drug-likeness (QED) is 0.733. The van der Waals surface area contributed by atoms with Crippen molar-refractivity contribution >= 4 is 5.91 Å².